The van der Waals surface area contributed by atoms with E-state index in [4.69, 9.17) is 4.18 Å². The van der Waals surface area contributed by atoms with Gasteiger partial charge in [0.25, 0.3) is 0 Å². The first-order valence-electron chi connectivity index (χ1n) is 7.52. The maximum Gasteiger partial charge on any atom is 0.218 e. The SMILES string of the molecule is CCCCCCC(CCO)(CCO)C(C)(C)OS(=O)(=O)[O-].[NH4+]. The van der Waals surface area contributed by atoms with E-state index in [1.165, 1.54) is 13.8 Å². The van der Waals surface area contributed by atoms with E-state index in [2.05, 4.69) is 6.92 Å². The van der Waals surface area contributed by atoms with E-state index in [1.54, 1.807) is 0 Å². The average Bonchev–Trinajstić information content (AvgIpc) is 2.31. The van der Waals surface area contributed by atoms with E-state index in [0.29, 0.717) is 6.42 Å². The van der Waals surface area contributed by atoms with Crippen LogP contribution in [0.4, 0.5) is 0 Å². The molecule has 7 nitrogen and oxygen atoms in total. The quantitative estimate of drug-likeness (QED) is 0.282. The van der Waals surface area contributed by atoms with E-state index in [9.17, 15) is 23.2 Å². The summed E-state index contributed by atoms with van der Waals surface area (Å²) in [7, 11) is -4.85. The van der Waals surface area contributed by atoms with Gasteiger partial charge in [-0.25, -0.2) is 8.42 Å². The molecule has 0 spiro atoms. The van der Waals surface area contributed by atoms with Gasteiger partial charge in [0.1, 0.15) is 0 Å². The molecule has 8 heteroatoms. The second-order valence-electron chi connectivity index (χ2n) is 6.04. The third-order valence-electron chi connectivity index (χ3n) is 4.28. The number of unbranched alkanes of at least 4 members (excludes halogenated alkanes) is 3. The number of aliphatic hydroxyl groups is 2. The van der Waals surface area contributed by atoms with Crippen LogP contribution in [0.25, 0.3) is 0 Å². The van der Waals surface area contributed by atoms with Crippen molar-refractivity contribution in [1.29, 1.82) is 0 Å². The molecule has 0 unspecified atom stereocenters. The van der Waals surface area contributed by atoms with Crippen molar-refractivity contribution in [3.05, 3.63) is 0 Å². The molecule has 0 rings (SSSR count). The highest BCUT2D eigenvalue weighted by Crippen LogP contribution is 2.45. The van der Waals surface area contributed by atoms with Gasteiger partial charge in [-0.2, -0.15) is 0 Å². The summed E-state index contributed by atoms with van der Waals surface area (Å²) >= 11 is 0. The van der Waals surface area contributed by atoms with Gasteiger partial charge in [0.05, 0.1) is 5.60 Å². The molecule has 0 saturated carbocycles. The minimum absolute atomic E-state index is 0. The normalized spacial score (nSPS) is 13.0. The largest absolute Gasteiger partial charge is 0.726 e. The second-order valence-corrected chi connectivity index (χ2v) is 7.02. The third-order valence-corrected chi connectivity index (χ3v) is 4.90. The van der Waals surface area contributed by atoms with Crippen LogP contribution in [-0.2, 0) is 14.6 Å². The number of quaternary nitrogens is 1. The summed E-state index contributed by atoms with van der Waals surface area (Å²) in [4.78, 5) is 0. The lowest BCUT2D eigenvalue weighted by Crippen LogP contribution is -2.48. The molecule has 0 aliphatic heterocycles. The fourth-order valence-electron chi connectivity index (χ4n) is 2.94. The van der Waals surface area contributed by atoms with Gasteiger partial charge in [-0.15, -0.1) is 0 Å². The summed E-state index contributed by atoms with van der Waals surface area (Å²) in [6, 6.07) is 0. The topological polar surface area (TPSA) is 143 Å². The third kappa shape index (κ3) is 7.85. The van der Waals surface area contributed by atoms with Crippen molar-refractivity contribution in [3.63, 3.8) is 0 Å². The van der Waals surface area contributed by atoms with Gasteiger partial charge in [0.2, 0.25) is 10.4 Å². The molecule has 22 heavy (non-hydrogen) atoms. The summed E-state index contributed by atoms with van der Waals surface area (Å²) in [6.07, 6.45) is 5.10. The summed E-state index contributed by atoms with van der Waals surface area (Å²) in [5, 5.41) is 18.7. The monoisotopic (exact) mass is 343 g/mol. The number of hydrogen-bond donors (Lipinski definition) is 3. The second kappa shape index (κ2) is 10.5. The molecule has 0 amide bonds. The average molecular weight is 343 g/mol. The van der Waals surface area contributed by atoms with Gasteiger partial charge in [-0.3, -0.25) is 4.18 Å². The highest BCUT2D eigenvalue weighted by Gasteiger charge is 2.46. The summed E-state index contributed by atoms with van der Waals surface area (Å²) in [5.74, 6) is 0. The van der Waals surface area contributed by atoms with Crippen LogP contribution >= 0.6 is 0 Å². The minimum atomic E-state index is -4.85. The molecule has 0 radical (unpaired) electrons. The van der Waals surface area contributed by atoms with E-state index in [1.807, 2.05) is 0 Å². The summed E-state index contributed by atoms with van der Waals surface area (Å²) < 4.78 is 37.7. The van der Waals surface area contributed by atoms with Crippen LogP contribution in [0, 0.1) is 5.41 Å². The van der Waals surface area contributed by atoms with Gasteiger partial charge in [-0.1, -0.05) is 32.6 Å². The Bertz CT molecular complexity index is 377. The molecule has 0 aromatic rings. The lowest BCUT2D eigenvalue weighted by Gasteiger charge is -2.46. The first-order chi connectivity index (χ1) is 9.64. The Morgan fingerprint density at radius 3 is 1.86 bits per heavy atom. The van der Waals surface area contributed by atoms with Crippen molar-refractivity contribution in [2.45, 2.75) is 71.3 Å². The predicted octanol–water partition coefficient (Wildman–Crippen LogP) is 2.34. The van der Waals surface area contributed by atoms with Crippen molar-refractivity contribution >= 4 is 10.4 Å². The Morgan fingerprint density at radius 2 is 1.50 bits per heavy atom. The van der Waals surface area contributed by atoms with Gasteiger partial charge in [0.15, 0.2) is 0 Å². The van der Waals surface area contributed by atoms with Crippen molar-refractivity contribution in [1.82, 2.24) is 6.15 Å². The van der Waals surface area contributed by atoms with Gasteiger partial charge < -0.3 is 20.9 Å². The highest BCUT2D eigenvalue weighted by molar-refractivity contribution is 7.80. The van der Waals surface area contributed by atoms with Crippen LogP contribution < -0.4 is 6.15 Å². The number of aliphatic hydroxyl groups excluding tert-OH is 2. The maximum atomic E-state index is 11.0. The zero-order valence-corrected chi connectivity index (χ0v) is 15.1. The molecule has 0 fully saturated rings. The zero-order valence-electron chi connectivity index (χ0n) is 14.3. The van der Waals surface area contributed by atoms with E-state index in [-0.39, 0.29) is 32.2 Å². The molecule has 0 aliphatic rings. The van der Waals surface area contributed by atoms with Crippen LogP contribution in [0.3, 0.4) is 0 Å². The highest BCUT2D eigenvalue weighted by atomic mass is 32.3. The molecule has 0 heterocycles. The van der Waals surface area contributed by atoms with Gasteiger partial charge in [-0.05, 0) is 33.1 Å². The van der Waals surface area contributed by atoms with Crippen molar-refractivity contribution in [3.8, 4) is 0 Å². The van der Waals surface area contributed by atoms with Crippen LogP contribution in [0.2, 0.25) is 0 Å². The lowest BCUT2D eigenvalue weighted by molar-refractivity contribution is -0.0690. The Balaban J connectivity index is 0. The maximum absolute atomic E-state index is 11.0. The number of hydrogen-bond acceptors (Lipinski definition) is 6. The predicted molar refractivity (Wildman–Crippen MR) is 85.4 cm³/mol. The lowest BCUT2D eigenvalue weighted by atomic mass is 9.66. The van der Waals surface area contributed by atoms with Crippen LogP contribution in [0.1, 0.15) is 65.7 Å². The summed E-state index contributed by atoms with van der Waals surface area (Å²) in [6.45, 7) is 4.85. The minimum Gasteiger partial charge on any atom is -0.726 e. The van der Waals surface area contributed by atoms with Crippen LogP contribution in [-0.4, -0.2) is 42.0 Å². The fourth-order valence-corrected chi connectivity index (χ4v) is 3.63. The van der Waals surface area contributed by atoms with Gasteiger partial charge >= 0.3 is 0 Å². The molecular weight excluding hydrogens is 310 g/mol. The molecule has 136 valence electrons. The molecule has 0 aliphatic carbocycles. The first-order valence-corrected chi connectivity index (χ1v) is 8.85. The van der Waals surface area contributed by atoms with E-state index >= 15 is 0 Å². The van der Waals surface area contributed by atoms with E-state index in [0.717, 1.165) is 25.7 Å². The van der Waals surface area contributed by atoms with E-state index < -0.39 is 21.4 Å². The van der Waals surface area contributed by atoms with Crippen molar-refractivity contribution in [2.24, 2.45) is 5.41 Å². The number of rotatable bonds is 12. The Kier molecular flexibility index (Phi) is 11.5. The first kappa shape index (κ1) is 24.0. The standard InChI is InChI=1S/C14H30O6S.H3N/c1-4-5-6-7-8-14(9-11-15,10-12-16)13(2,3)20-21(17,18)19;/h15-16H,4-12H2,1-3H3,(H,17,18,19);1H3. The molecular formula is C14H33NO6S. The molecule has 6 N–H and O–H groups in total. The zero-order chi connectivity index (χ0) is 16.6. The van der Waals surface area contributed by atoms with Crippen LogP contribution in [0.5, 0.6) is 0 Å². The Labute approximate surface area is 134 Å². The fraction of sp³-hybridized carbons (Fsp3) is 1.00. The molecule has 0 saturated heterocycles. The van der Waals surface area contributed by atoms with Crippen molar-refractivity contribution in [2.75, 3.05) is 13.2 Å². The summed E-state index contributed by atoms with van der Waals surface area (Å²) in [5.41, 5.74) is -2.02. The molecule has 0 atom stereocenters. The smallest absolute Gasteiger partial charge is 0.218 e. The van der Waals surface area contributed by atoms with Gasteiger partial charge in [0, 0.05) is 18.6 Å². The molecule has 0 bridgehead atoms. The molecule has 0 aromatic carbocycles. The Hall–Kier alpha value is -0.250. The van der Waals surface area contributed by atoms with Crippen LogP contribution in [0.15, 0.2) is 0 Å². The Morgan fingerprint density at radius 1 is 1.00 bits per heavy atom. The van der Waals surface area contributed by atoms with Crippen molar-refractivity contribution < 1.29 is 27.4 Å². The molecule has 0 aromatic heterocycles.